The van der Waals surface area contributed by atoms with Gasteiger partial charge in [0.05, 0.1) is 5.69 Å². The molecular formula is C14H20N2S. The molecule has 17 heavy (non-hydrogen) atoms. The Morgan fingerprint density at radius 1 is 1.41 bits per heavy atom. The Morgan fingerprint density at radius 3 is 2.82 bits per heavy atom. The summed E-state index contributed by atoms with van der Waals surface area (Å²) < 4.78 is 0. The Bertz CT molecular complexity index is 428. The van der Waals surface area contributed by atoms with Crippen molar-refractivity contribution in [2.24, 2.45) is 5.73 Å². The maximum atomic E-state index is 5.84. The molecule has 2 N–H and O–H groups in total. The standard InChI is InChI=1S/C14H20N2S/c1-10-6-5-8-12(14(15)17)13(10)16-9-4-3-7-11(16)2/h5-6,8,11H,3-4,7,9H2,1-2H3,(H2,15,17). The van der Waals surface area contributed by atoms with Crippen LogP contribution in [0.3, 0.4) is 0 Å². The number of anilines is 1. The summed E-state index contributed by atoms with van der Waals surface area (Å²) in [6.45, 7) is 5.54. The minimum atomic E-state index is 0.501. The lowest BCUT2D eigenvalue weighted by Gasteiger charge is -2.37. The number of hydrogen-bond acceptors (Lipinski definition) is 2. The number of piperidine rings is 1. The number of benzene rings is 1. The van der Waals surface area contributed by atoms with Crippen LogP contribution < -0.4 is 10.6 Å². The minimum Gasteiger partial charge on any atom is -0.389 e. The number of rotatable bonds is 2. The number of para-hydroxylation sites is 1. The van der Waals surface area contributed by atoms with Crippen molar-refractivity contribution in [1.29, 1.82) is 0 Å². The van der Waals surface area contributed by atoms with Gasteiger partial charge in [-0.25, -0.2) is 0 Å². The Balaban J connectivity index is 2.45. The topological polar surface area (TPSA) is 29.3 Å². The van der Waals surface area contributed by atoms with Gasteiger partial charge in [0.1, 0.15) is 4.99 Å². The first kappa shape index (κ1) is 12.4. The molecule has 1 atom stereocenters. The SMILES string of the molecule is Cc1cccc(C(N)=S)c1N1CCCCC1C. The monoisotopic (exact) mass is 248 g/mol. The molecule has 0 bridgehead atoms. The zero-order valence-electron chi connectivity index (χ0n) is 10.6. The van der Waals surface area contributed by atoms with Crippen LogP contribution in [0.1, 0.15) is 37.3 Å². The van der Waals surface area contributed by atoms with Crippen LogP contribution in [-0.2, 0) is 0 Å². The van der Waals surface area contributed by atoms with Gasteiger partial charge in [-0.1, -0.05) is 24.4 Å². The molecule has 0 aromatic heterocycles. The van der Waals surface area contributed by atoms with Crippen LogP contribution in [0.5, 0.6) is 0 Å². The summed E-state index contributed by atoms with van der Waals surface area (Å²) in [6, 6.07) is 6.78. The number of thiocarbonyl (C=S) groups is 1. The van der Waals surface area contributed by atoms with E-state index < -0.39 is 0 Å². The van der Waals surface area contributed by atoms with Crippen molar-refractivity contribution in [3.8, 4) is 0 Å². The molecule has 1 fully saturated rings. The lowest BCUT2D eigenvalue weighted by atomic mass is 9.99. The zero-order chi connectivity index (χ0) is 12.4. The van der Waals surface area contributed by atoms with E-state index in [1.54, 1.807) is 0 Å². The van der Waals surface area contributed by atoms with Gasteiger partial charge in [-0.15, -0.1) is 0 Å². The van der Waals surface area contributed by atoms with E-state index in [-0.39, 0.29) is 0 Å². The lowest BCUT2D eigenvalue weighted by Crippen LogP contribution is -2.39. The van der Waals surface area contributed by atoms with Gasteiger partial charge in [0.25, 0.3) is 0 Å². The van der Waals surface area contributed by atoms with Crippen molar-refractivity contribution in [3.63, 3.8) is 0 Å². The molecule has 0 saturated carbocycles. The van der Waals surface area contributed by atoms with Crippen molar-refractivity contribution >= 4 is 22.9 Å². The van der Waals surface area contributed by atoms with E-state index in [1.807, 2.05) is 12.1 Å². The van der Waals surface area contributed by atoms with Crippen LogP contribution in [-0.4, -0.2) is 17.6 Å². The molecule has 3 heteroatoms. The summed E-state index contributed by atoms with van der Waals surface area (Å²) in [5.41, 5.74) is 9.37. The second-order valence-corrected chi connectivity index (χ2v) is 5.31. The summed E-state index contributed by atoms with van der Waals surface area (Å²) in [5.74, 6) is 0. The molecule has 2 rings (SSSR count). The van der Waals surface area contributed by atoms with Crippen molar-refractivity contribution in [2.45, 2.75) is 39.2 Å². The fourth-order valence-electron chi connectivity index (χ4n) is 2.67. The number of nitrogens with two attached hydrogens (primary N) is 1. The number of hydrogen-bond donors (Lipinski definition) is 1. The third kappa shape index (κ3) is 2.44. The molecule has 0 amide bonds. The normalized spacial score (nSPS) is 20.4. The van der Waals surface area contributed by atoms with Gasteiger partial charge in [-0.05, 0) is 44.7 Å². The zero-order valence-corrected chi connectivity index (χ0v) is 11.4. The molecule has 1 aliphatic rings. The fourth-order valence-corrected chi connectivity index (χ4v) is 2.83. The van der Waals surface area contributed by atoms with Gasteiger partial charge < -0.3 is 10.6 Å². The van der Waals surface area contributed by atoms with E-state index in [0.29, 0.717) is 11.0 Å². The highest BCUT2D eigenvalue weighted by molar-refractivity contribution is 7.80. The summed E-state index contributed by atoms with van der Waals surface area (Å²) in [5, 5.41) is 0. The molecule has 1 saturated heterocycles. The van der Waals surface area contributed by atoms with Crippen molar-refractivity contribution in [3.05, 3.63) is 29.3 Å². The molecule has 1 unspecified atom stereocenters. The molecule has 1 heterocycles. The van der Waals surface area contributed by atoms with Gasteiger partial charge in [-0.2, -0.15) is 0 Å². The van der Waals surface area contributed by atoms with E-state index in [4.69, 9.17) is 18.0 Å². The van der Waals surface area contributed by atoms with Crippen molar-refractivity contribution in [2.75, 3.05) is 11.4 Å². The second-order valence-electron chi connectivity index (χ2n) is 4.87. The quantitative estimate of drug-likeness (QED) is 0.816. The predicted molar refractivity (Wildman–Crippen MR) is 77.7 cm³/mol. The van der Waals surface area contributed by atoms with Gasteiger partial charge >= 0.3 is 0 Å². The number of aryl methyl sites for hydroxylation is 1. The van der Waals surface area contributed by atoms with E-state index in [9.17, 15) is 0 Å². The van der Waals surface area contributed by atoms with Crippen molar-refractivity contribution < 1.29 is 0 Å². The van der Waals surface area contributed by atoms with Crippen LogP contribution in [0.25, 0.3) is 0 Å². The second kappa shape index (κ2) is 5.05. The Kier molecular flexibility index (Phi) is 3.67. The summed E-state index contributed by atoms with van der Waals surface area (Å²) in [6.07, 6.45) is 3.84. The highest BCUT2D eigenvalue weighted by atomic mass is 32.1. The van der Waals surface area contributed by atoms with E-state index >= 15 is 0 Å². The molecule has 1 aliphatic heterocycles. The van der Waals surface area contributed by atoms with E-state index in [1.165, 1.54) is 30.5 Å². The molecule has 1 aromatic carbocycles. The maximum Gasteiger partial charge on any atom is 0.106 e. The molecule has 92 valence electrons. The Morgan fingerprint density at radius 2 is 2.18 bits per heavy atom. The first-order valence-electron chi connectivity index (χ1n) is 6.27. The molecule has 0 radical (unpaired) electrons. The minimum absolute atomic E-state index is 0.501. The maximum absolute atomic E-state index is 5.84. The number of nitrogens with zero attached hydrogens (tertiary/aromatic N) is 1. The van der Waals surface area contributed by atoms with Crippen LogP contribution >= 0.6 is 12.2 Å². The Labute approximate surface area is 109 Å². The van der Waals surface area contributed by atoms with Gasteiger partial charge in [-0.3, -0.25) is 0 Å². The molecular weight excluding hydrogens is 228 g/mol. The van der Waals surface area contributed by atoms with Crippen LogP contribution in [0, 0.1) is 6.92 Å². The van der Waals surface area contributed by atoms with Crippen LogP contribution in [0.2, 0.25) is 0 Å². The molecule has 0 spiro atoms. The predicted octanol–water partition coefficient (Wildman–Crippen LogP) is 3.01. The van der Waals surface area contributed by atoms with Gasteiger partial charge in [0.2, 0.25) is 0 Å². The van der Waals surface area contributed by atoms with Crippen LogP contribution in [0.15, 0.2) is 18.2 Å². The van der Waals surface area contributed by atoms with Gasteiger partial charge in [0.15, 0.2) is 0 Å². The molecule has 1 aromatic rings. The highest BCUT2D eigenvalue weighted by Gasteiger charge is 2.22. The van der Waals surface area contributed by atoms with E-state index in [2.05, 4.69) is 24.8 Å². The average Bonchev–Trinajstić information content (AvgIpc) is 2.30. The lowest BCUT2D eigenvalue weighted by molar-refractivity contribution is 0.484. The highest BCUT2D eigenvalue weighted by Crippen LogP contribution is 2.30. The average molecular weight is 248 g/mol. The largest absolute Gasteiger partial charge is 0.389 e. The molecule has 2 nitrogen and oxygen atoms in total. The van der Waals surface area contributed by atoms with E-state index in [0.717, 1.165) is 12.1 Å². The third-order valence-electron chi connectivity index (χ3n) is 3.59. The Hall–Kier alpha value is -1.09. The van der Waals surface area contributed by atoms with Crippen LogP contribution in [0.4, 0.5) is 5.69 Å². The van der Waals surface area contributed by atoms with Gasteiger partial charge in [0, 0.05) is 18.2 Å². The first-order chi connectivity index (χ1) is 8.11. The first-order valence-corrected chi connectivity index (χ1v) is 6.68. The molecule has 0 aliphatic carbocycles. The van der Waals surface area contributed by atoms with Crippen molar-refractivity contribution in [1.82, 2.24) is 0 Å². The summed E-state index contributed by atoms with van der Waals surface area (Å²) in [7, 11) is 0. The third-order valence-corrected chi connectivity index (χ3v) is 3.81. The fraction of sp³-hybridized carbons (Fsp3) is 0.500. The smallest absolute Gasteiger partial charge is 0.106 e. The summed E-state index contributed by atoms with van der Waals surface area (Å²) >= 11 is 5.17. The summed E-state index contributed by atoms with van der Waals surface area (Å²) in [4.78, 5) is 2.97.